The first-order chi connectivity index (χ1) is 11.7. The molecule has 1 aliphatic rings. The van der Waals surface area contributed by atoms with Gasteiger partial charge in [-0.3, -0.25) is 4.79 Å². The number of hydrogen-bond donors (Lipinski definition) is 1. The Kier molecular flexibility index (Phi) is 6.85. The van der Waals surface area contributed by atoms with Crippen LogP contribution in [0.25, 0.3) is 0 Å². The van der Waals surface area contributed by atoms with Crippen LogP contribution < -0.4 is 10.5 Å². The number of ether oxygens (including phenoxy) is 1. The molecule has 2 aromatic rings. The van der Waals surface area contributed by atoms with Crippen LogP contribution in [0.4, 0.5) is 0 Å². The predicted molar refractivity (Wildman–Crippen MR) is 102 cm³/mol. The molecule has 2 aromatic carbocycles. The van der Waals surface area contributed by atoms with E-state index >= 15 is 0 Å². The van der Waals surface area contributed by atoms with E-state index in [1.165, 1.54) is 0 Å². The lowest BCUT2D eigenvalue weighted by molar-refractivity contribution is -0.132. The van der Waals surface area contributed by atoms with Gasteiger partial charge < -0.3 is 15.4 Å². The maximum atomic E-state index is 12.8. The maximum Gasteiger partial charge on any atom is 0.225 e. The van der Waals surface area contributed by atoms with E-state index < -0.39 is 0 Å². The number of carbonyl (C=O) groups excluding carboxylic acids is 1. The van der Waals surface area contributed by atoms with Crippen LogP contribution >= 0.6 is 12.4 Å². The Balaban J connectivity index is 0.00000225. The minimum atomic E-state index is -0.254. The zero-order valence-electron chi connectivity index (χ0n) is 14.4. The number of nitrogens with zero attached hydrogens (tertiary/aromatic N) is 1. The molecule has 1 unspecified atom stereocenters. The van der Waals surface area contributed by atoms with Crippen LogP contribution in [0, 0.1) is 0 Å². The van der Waals surface area contributed by atoms with Crippen molar-refractivity contribution in [2.45, 2.75) is 37.9 Å². The molecule has 2 N–H and O–H groups in total. The van der Waals surface area contributed by atoms with Crippen molar-refractivity contribution in [3.05, 3.63) is 65.7 Å². The zero-order chi connectivity index (χ0) is 16.9. The van der Waals surface area contributed by atoms with Gasteiger partial charge in [-0.25, -0.2) is 0 Å². The van der Waals surface area contributed by atoms with E-state index in [1.807, 2.05) is 59.5 Å². The van der Waals surface area contributed by atoms with Crippen LogP contribution in [0.15, 0.2) is 54.6 Å². The van der Waals surface area contributed by atoms with E-state index in [0.717, 1.165) is 29.7 Å². The number of rotatable bonds is 7. The van der Waals surface area contributed by atoms with Crippen LogP contribution in [0.5, 0.6) is 5.75 Å². The molecule has 5 heteroatoms. The molecule has 0 aliphatic heterocycles. The first-order valence-corrected chi connectivity index (χ1v) is 8.40. The Hall–Kier alpha value is -2.04. The number of methoxy groups -OCH3 is 1. The number of hydrogen-bond acceptors (Lipinski definition) is 3. The molecule has 0 radical (unpaired) electrons. The van der Waals surface area contributed by atoms with Gasteiger partial charge in [0.05, 0.1) is 7.11 Å². The molecule has 1 fully saturated rings. The van der Waals surface area contributed by atoms with E-state index in [1.54, 1.807) is 7.11 Å². The standard InChI is InChI=1S/C20H24N2O2.ClH/c1-24-18-11-7-15(8-12-18)14-22(17-9-10-17)20(23)13-19(21)16-5-3-2-4-6-16;/h2-8,11-12,17,19H,9-10,13-14,21H2,1H3;1H. The van der Waals surface area contributed by atoms with Gasteiger partial charge in [0.25, 0.3) is 0 Å². The summed E-state index contributed by atoms with van der Waals surface area (Å²) in [6, 6.07) is 17.8. The van der Waals surface area contributed by atoms with E-state index in [-0.39, 0.29) is 24.4 Å². The minimum Gasteiger partial charge on any atom is -0.497 e. The summed E-state index contributed by atoms with van der Waals surface area (Å²) in [5.41, 5.74) is 8.34. The van der Waals surface area contributed by atoms with Crippen molar-refractivity contribution < 1.29 is 9.53 Å². The van der Waals surface area contributed by atoms with Crippen molar-refractivity contribution in [1.82, 2.24) is 4.90 Å². The van der Waals surface area contributed by atoms with Gasteiger partial charge in [0.15, 0.2) is 0 Å². The molecular weight excluding hydrogens is 336 g/mol. The third kappa shape index (κ3) is 5.21. The lowest BCUT2D eigenvalue weighted by Gasteiger charge is -2.24. The largest absolute Gasteiger partial charge is 0.497 e. The average Bonchev–Trinajstić information content (AvgIpc) is 3.45. The molecule has 3 rings (SSSR count). The lowest BCUT2D eigenvalue weighted by atomic mass is 10.0. The van der Waals surface area contributed by atoms with Gasteiger partial charge in [0, 0.05) is 25.0 Å². The number of benzene rings is 2. The number of halogens is 1. The average molecular weight is 361 g/mol. The van der Waals surface area contributed by atoms with Crippen LogP contribution in [0.3, 0.4) is 0 Å². The predicted octanol–water partition coefficient (Wildman–Crippen LogP) is 3.70. The molecule has 25 heavy (non-hydrogen) atoms. The monoisotopic (exact) mass is 360 g/mol. The lowest BCUT2D eigenvalue weighted by Crippen LogP contribution is -2.34. The quantitative estimate of drug-likeness (QED) is 0.819. The first-order valence-electron chi connectivity index (χ1n) is 8.40. The molecule has 134 valence electrons. The smallest absolute Gasteiger partial charge is 0.225 e. The van der Waals surface area contributed by atoms with Gasteiger partial charge in [-0.1, -0.05) is 42.5 Å². The van der Waals surface area contributed by atoms with Gasteiger partial charge in [0.2, 0.25) is 5.91 Å². The molecule has 0 saturated heterocycles. The highest BCUT2D eigenvalue weighted by atomic mass is 35.5. The molecular formula is C20H25ClN2O2. The molecule has 4 nitrogen and oxygen atoms in total. The van der Waals surface area contributed by atoms with Gasteiger partial charge in [-0.15, -0.1) is 12.4 Å². The van der Waals surface area contributed by atoms with Crippen molar-refractivity contribution in [3.63, 3.8) is 0 Å². The van der Waals surface area contributed by atoms with Gasteiger partial charge >= 0.3 is 0 Å². The van der Waals surface area contributed by atoms with Crippen LogP contribution in [0.1, 0.15) is 36.4 Å². The second kappa shape index (κ2) is 8.88. The highest BCUT2D eigenvalue weighted by Gasteiger charge is 2.33. The third-order valence-corrected chi connectivity index (χ3v) is 4.44. The van der Waals surface area contributed by atoms with E-state index in [2.05, 4.69) is 0 Å². The minimum absolute atomic E-state index is 0. The number of amides is 1. The van der Waals surface area contributed by atoms with Crippen LogP contribution in [0.2, 0.25) is 0 Å². The van der Waals surface area contributed by atoms with E-state index in [0.29, 0.717) is 19.0 Å². The molecule has 0 bridgehead atoms. The summed E-state index contributed by atoms with van der Waals surface area (Å²) >= 11 is 0. The fourth-order valence-electron chi connectivity index (χ4n) is 2.86. The molecule has 0 spiro atoms. The Morgan fingerprint density at radius 2 is 1.80 bits per heavy atom. The Morgan fingerprint density at radius 3 is 2.36 bits per heavy atom. The molecule has 0 aromatic heterocycles. The topological polar surface area (TPSA) is 55.6 Å². The van der Waals surface area contributed by atoms with Gasteiger partial charge in [-0.2, -0.15) is 0 Å². The summed E-state index contributed by atoms with van der Waals surface area (Å²) in [5.74, 6) is 0.957. The molecule has 1 saturated carbocycles. The summed E-state index contributed by atoms with van der Waals surface area (Å²) in [5, 5.41) is 0. The normalized spacial score (nSPS) is 14.3. The van der Waals surface area contributed by atoms with Crippen LogP contribution in [-0.2, 0) is 11.3 Å². The molecule has 1 atom stereocenters. The summed E-state index contributed by atoms with van der Waals surface area (Å²) in [7, 11) is 1.65. The van der Waals surface area contributed by atoms with Crippen molar-refractivity contribution in [2.75, 3.05) is 7.11 Å². The highest BCUT2D eigenvalue weighted by molar-refractivity contribution is 5.85. The number of nitrogens with two attached hydrogens (primary N) is 1. The Bertz CT molecular complexity index is 672. The Morgan fingerprint density at radius 1 is 1.16 bits per heavy atom. The fourth-order valence-corrected chi connectivity index (χ4v) is 2.86. The summed E-state index contributed by atoms with van der Waals surface area (Å²) in [6.45, 7) is 0.634. The van der Waals surface area contributed by atoms with Crippen LogP contribution in [-0.4, -0.2) is 24.0 Å². The van der Waals surface area contributed by atoms with Crippen molar-refractivity contribution in [1.29, 1.82) is 0 Å². The summed E-state index contributed by atoms with van der Waals surface area (Å²) < 4.78 is 5.19. The SMILES string of the molecule is COc1ccc(CN(C(=O)CC(N)c2ccccc2)C2CC2)cc1.Cl. The number of carbonyl (C=O) groups is 1. The van der Waals surface area contributed by atoms with Gasteiger partial charge in [0.1, 0.15) is 5.75 Å². The maximum absolute atomic E-state index is 12.8. The summed E-state index contributed by atoms with van der Waals surface area (Å²) in [4.78, 5) is 14.7. The third-order valence-electron chi connectivity index (χ3n) is 4.44. The first kappa shape index (κ1) is 19.3. The van der Waals surface area contributed by atoms with E-state index in [9.17, 15) is 4.79 Å². The van der Waals surface area contributed by atoms with Crippen molar-refractivity contribution >= 4 is 18.3 Å². The Labute approximate surface area is 155 Å². The van der Waals surface area contributed by atoms with Gasteiger partial charge in [-0.05, 0) is 36.1 Å². The second-order valence-electron chi connectivity index (χ2n) is 6.32. The molecule has 1 aliphatic carbocycles. The van der Waals surface area contributed by atoms with Crippen molar-refractivity contribution in [3.8, 4) is 5.75 Å². The highest BCUT2D eigenvalue weighted by Crippen LogP contribution is 2.30. The molecule has 1 amide bonds. The van der Waals surface area contributed by atoms with E-state index in [4.69, 9.17) is 10.5 Å². The van der Waals surface area contributed by atoms with Crippen molar-refractivity contribution in [2.24, 2.45) is 5.73 Å². The molecule has 0 heterocycles. The second-order valence-corrected chi connectivity index (χ2v) is 6.32. The zero-order valence-corrected chi connectivity index (χ0v) is 15.2. The fraction of sp³-hybridized carbons (Fsp3) is 0.350. The summed E-state index contributed by atoms with van der Waals surface area (Å²) in [6.07, 6.45) is 2.52.